The van der Waals surface area contributed by atoms with Crippen molar-refractivity contribution in [2.24, 2.45) is 5.92 Å². The molecule has 0 saturated carbocycles. The van der Waals surface area contributed by atoms with Gasteiger partial charge in [0.2, 0.25) is 0 Å². The van der Waals surface area contributed by atoms with E-state index in [-0.39, 0.29) is 5.91 Å². The summed E-state index contributed by atoms with van der Waals surface area (Å²) in [5.41, 5.74) is 1.55. The number of pyridine rings is 1. The third kappa shape index (κ3) is 5.06. The molecule has 132 valence electrons. The number of carbonyl (C=O) groups excluding carboxylic acids is 1. The summed E-state index contributed by atoms with van der Waals surface area (Å²) < 4.78 is 0. The van der Waals surface area contributed by atoms with Gasteiger partial charge in [0.25, 0.3) is 5.91 Å². The molecule has 0 radical (unpaired) electrons. The summed E-state index contributed by atoms with van der Waals surface area (Å²) >= 11 is 0. The van der Waals surface area contributed by atoms with Crippen molar-refractivity contribution >= 4 is 5.91 Å². The zero-order valence-corrected chi connectivity index (χ0v) is 14.7. The van der Waals surface area contributed by atoms with E-state index in [4.69, 9.17) is 0 Å². The number of likely N-dealkylation sites (tertiary alicyclic amines) is 1. The minimum Gasteiger partial charge on any atom is -0.350 e. The molecule has 1 unspecified atom stereocenters. The normalized spacial score (nSPS) is 18.0. The standard InChI is InChI=1S/C19H25N5O/c1-2-18-21-10-8-16(23-18)14-24-11-5-6-15(13-24)12-22-19(25)17-7-3-4-9-20-17/h3-4,7-10,15H,2,5-6,11-14H2,1H3,(H,22,25). The molecule has 3 heterocycles. The van der Waals surface area contributed by atoms with Gasteiger partial charge in [-0.05, 0) is 43.5 Å². The molecule has 2 aromatic rings. The molecule has 1 amide bonds. The van der Waals surface area contributed by atoms with Crippen LogP contribution in [0.5, 0.6) is 0 Å². The number of rotatable bonds is 6. The number of hydrogen-bond donors (Lipinski definition) is 1. The molecule has 0 spiro atoms. The lowest BCUT2D eigenvalue weighted by molar-refractivity contribution is 0.0925. The van der Waals surface area contributed by atoms with E-state index < -0.39 is 0 Å². The number of aryl methyl sites for hydroxylation is 1. The highest BCUT2D eigenvalue weighted by molar-refractivity contribution is 5.92. The SMILES string of the molecule is CCc1nccc(CN2CCCC(CNC(=O)c3ccccn3)C2)n1. The number of amides is 1. The van der Waals surface area contributed by atoms with Crippen LogP contribution in [-0.2, 0) is 13.0 Å². The number of hydrogen-bond acceptors (Lipinski definition) is 5. The molecule has 6 heteroatoms. The van der Waals surface area contributed by atoms with Gasteiger partial charge in [-0.15, -0.1) is 0 Å². The smallest absolute Gasteiger partial charge is 0.269 e. The topological polar surface area (TPSA) is 71.0 Å². The molecule has 0 aliphatic carbocycles. The van der Waals surface area contributed by atoms with Crippen molar-refractivity contribution in [3.05, 3.63) is 53.9 Å². The molecule has 3 rings (SSSR count). The zero-order chi connectivity index (χ0) is 17.5. The van der Waals surface area contributed by atoms with E-state index in [0.717, 1.165) is 50.4 Å². The van der Waals surface area contributed by atoms with Crippen LogP contribution in [0.25, 0.3) is 0 Å². The van der Waals surface area contributed by atoms with E-state index in [0.29, 0.717) is 18.2 Å². The van der Waals surface area contributed by atoms with Gasteiger partial charge in [-0.2, -0.15) is 0 Å². The van der Waals surface area contributed by atoms with Gasteiger partial charge in [0.05, 0.1) is 5.69 Å². The molecule has 0 aromatic carbocycles. The first-order chi connectivity index (χ1) is 12.2. The van der Waals surface area contributed by atoms with Crippen LogP contribution in [0, 0.1) is 5.92 Å². The van der Waals surface area contributed by atoms with Crippen molar-refractivity contribution in [3.63, 3.8) is 0 Å². The van der Waals surface area contributed by atoms with E-state index in [1.165, 1.54) is 0 Å². The van der Waals surface area contributed by atoms with Gasteiger partial charge in [0, 0.05) is 38.4 Å². The monoisotopic (exact) mass is 339 g/mol. The highest BCUT2D eigenvalue weighted by Gasteiger charge is 2.21. The Labute approximate surface area is 148 Å². The fraction of sp³-hybridized carbons (Fsp3) is 0.474. The van der Waals surface area contributed by atoms with Crippen LogP contribution in [-0.4, -0.2) is 45.4 Å². The van der Waals surface area contributed by atoms with Crippen molar-refractivity contribution in [2.45, 2.75) is 32.7 Å². The van der Waals surface area contributed by atoms with Crippen molar-refractivity contribution in [2.75, 3.05) is 19.6 Å². The minimum absolute atomic E-state index is 0.0962. The Hall–Kier alpha value is -2.34. The van der Waals surface area contributed by atoms with Gasteiger partial charge in [-0.1, -0.05) is 13.0 Å². The predicted octanol–water partition coefficient (Wildman–Crippen LogP) is 2.08. The number of piperidine rings is 1. The predicted molar refractivity (Wildman–Crippen MR) is 96.0 cm³/mol. The molecular weight excluding hydrogens is 314 g/mol. The minimum atomic E-state index is -0.0962. The largest absolute Gasteiger partial charge is 0.350 e. The third-order valence-electron chi connectivity index (χ3n) is 4.52. The first kappa shape index (κ1) is 17.5. The van der Waals surface area contributed by atoms with Crippen LogP contribution in [0.1, 0.15) is 41.8 Å². The number of nitrogens with zero attached hydrogens (tertiary/aromatic N) is 4. The summed E-state index contributed by atoms with van der Waals surface area (Å²) in [5.74, 6) is 1.27. The van der Waals surface area contributed by atoms with E-state index in [2.05, 4.69) is 32.1 Å². The molecule has 1 aliphatic rings. The number of nitrogens with one attached hydrogen (secondary N) is 1. The van der Waals surface area contributed by atoms with Crippen molar-refractivity contribution in [1.29, 1.82) is 0 Å². The van der Waals surface area contributed by atoms with Crippen LogP contribution >= 0.6 is 0 Å². The van der Waals surface area contributed by atoms with Crippen LogP contribution in [0.4, 0.5) is 0 Å². The van der Waals surface area contributed by atoms with E-state index in [1.54, 1.807) is 12.3 Å². The van der Waals surface area contributed by atoms with Crippen LogP contribution in [0.2, 0.25) is 0 Å². The second-order valence-electron chi connectivity index (χ2n) is 6.49. The van der Waals surface area contributed by atoms with Gasteiger partial charge in [0.1, 0.15) is 11.5 Å². The maximum atomic E-state index is 12.1. The molecule has 0 bridgehead atoms. The van der Waals surface area contributed by atoms with E-state index in [1.807, 2.05) is 24.4 Å². The Morgan fingerprint density at radius 1 is 1.28 bits per heavy atom. The average molecular weight is 339 g/mol. The average Bonchev–Trinajstić information content (AvgIpc) is 2.67. The fourth-order valence-electron chi connectivity index (χ4n) is 3.21. The summed E-state index contributed by atoms with van der Waals surface area (Å²) in [7, 11) is 0. The summed E-state index contributed by atoms with van der Waals surface area (Å²) in [6.45, 7) is 5.67. The van der Waals surface area contributed by atoms with Crippen molar-refractivity contribution in [1.82, 2.24) is 25.2 Å². The maximum absolute atomic E-state index is 12.1. The van der Waals surface area contributed by atoms with Gasteiger partial charge in [-0.25, -0.2) is 9.97 Å². The van der Waals surface area contributed by atoms with Gasteiger partial charge in [0.15, 0.2) is 0 Å². The lowest BCUT2D eigenvalue weighted by Gasteiger charge is -2.32. The van der Waals surface area contributed by atoms with Gasteiger partial charge >= 0.3 is 0 Å². The summed E-state index contributed by atoms with van der Waals surface area (Å²) in [5, 5.41) is 3.02. The van der Waals surface area contributed by atoms with Crippen LogP contribution < -0.4 is 5.32 Å². The van der Waals surface area contributed by atoms with E-state index >= 15 is 0 Å². The van der Waals surface area contributed by atoms with E-state index in [9.17, 15) is 4.79 Å². The number of aromatic nitrogens is 3. The number of carbonyl (C=O) groups is 1. The summed E-state index contributed by atoms with van der Waals surface area (Å²) in [6.07, 6.45) is 6.63. The van der Waals surface area contributed by atoms with Crippen LogP contribution in [0.3, 0.4) is 0 Å². The highest BCUT2D eigenvalue weighted by Crippen LogP contribution is 2.17. The second-order valence-corrected chi connectivity index (χ2v) is 6.49. The Balaban J connectivity index is 1.50. The van der Waals surface area contributed by atoms with Crippen molar-refractivity contribution < 1.29 is 4.79 Å². The Morgan fingerprint density at radius 3 is 3.00 bits per heavy atom. The van der Waals surface area contributed by atoms with Crippen molar-refractivity contribution in [3.8, 4) is 0 Å². The van der Waals surface area contributed by atoms with Gasteiger partial charge < -0.3 is 5.32 Å². The lowest BCUT2D eigenvalue weighted by Crippen LogP contribution is -2.40. The Kier molecular flexibility index (Phi) is 6.06. The molecule has 1 atom stereocenters. The molecular formula is C19H25N5O. The molecule has 1 aliphatic heterocycles. The highest BCUT2D eigenvalue weighted by atomic mass is 16.1. The molecule has 2 aromatic heterocycles. The molecule has 1 N–H and O–H groups in total. The second kappa shape index (κ2) is 8.67. The first-order valence-electron chi connectivity index (χ1n) is 8.97. The molecule has 6 nitrogen and oxygen atoms in total. The molecule has 1 saturated heterocycles. The Morgan fingerprint density at radius 2 is 2.20 bits per heavy atom. The summed E-state index contributed by atoms with van der Waals surface area (Å²) in [4.78, 5) is 27.5. The lowest BCUT2D eigenvalue weighted by atomic mass is 9.97. The fourth-order valence-corrected chi connectivity index (χ4v) is 3.21. The van der Waals surface area contributed by atoms with Crippen LogP contribution in [0.15, 0.2) is 36.7 Å². The first-order valence-corrected chi connectivity index (χ1v) is 8.97. The Bertz CT molecular complexity index is 691. The molecule has 1 fully saturated rings. The molecule has 25 heavy (non-hydrogen) atoms. The van der Waals surface area contributed by atoms with Gasteiger partial charge in [-0.3, -0.25) is 14.7 Å². The maximum Gasteiger partial charge on any atom is 0.269 e. The summed E-state index contributed by atoms with van der Waals surface area (Å²) in [6, 6.07) is 7.37. The quantitative estimate of drug-likeness (QED) is 0.872. The zero-order valence-electron chi connectivity index (χ0n) is 14.7. The third-order valence-corrected chi connectivity index (χ3v) is 4.52.